The lowest BCUT2D eigenvalue weighted by atomic mass is 9.94. The molecule has 0 amide bonds. The standard InChI is InChI=1S/C12H22O5/c1-11(2,16-13)10-6-9-14-12(17-15-10)7-4-3-5-8-12/h10,13H,3-9H2,1-2H3. The minimum Gasteiger partial charge on any atom is -0.347 e. The molecule has 2 fully saturated rings. The van der Waals surface area contributed by atoms with E-state index in [1.54, 1.807) is 13.8 Å². The first-order chi connectivity index (χ1) is 8.08. The van der Waals surface area contributed by atoms with E-state index >= 15 is 0 Å². The van der Waals surface area contributed by atoms with Crippen molar-refractivity contribution in [3.63, 3.8) is 0 Å². The van der Waals surface area contributed by atoms with E-state index in [-0.39, 0.29) is 6.10 Å². The zero-order valence-electron chi connectivity index (χ0n) is 10.6. The molecule has 1 heterocycles. The summed E-state index contributed by atoms with van der Waals surface area (Å²) in [6.07, 6.45) is 5.51. The fourth-order valence-corrected chi connectivity index (χ4v) is 2.41. The van der Waals surface area contributed by atoms with Gasteiger partial charge in [0.15, 0.2) is 0 Å². The Hall–Kier alpha value is -0.200. The van der Waals surface area contributed by atoms with E-state index in [0.717, 1.165) is 25.7 Å². The second-order valence-electron chi connectivity index (χ2n) is 5.47. The topological polar surface area (TPSA) is 57.2 Å². The second-order valence-corrected chi connectivity index (χ2v) is 5.47. The molecule has 1 unspecified atom stereocenters. The molecule has 0 aromatic carbocycles. The quantitative estimate of drug-likeness (QED) is 0.599. The van der Waals surface area contributed by atoms with Gasteiger partial charge in [0.05, 0.1) is 6.61 Å². The number of hydrogen-bond donors (Lipinski definition) is 1. The van der Waals surface area contributed by atoms with Crippen LogP contribution in [0.3, 0.4) is 0 Å². The van der Waals surface area contributed by atoms with Gasteiger partial charge in [0.1, 0.15) is 11.7 Å². The first-order valence-electron chi connectivity index (χ1n) is 6.39. The van der Waals surface area contributed by atoms with Crippen molar-refractivity contribution in [2.24, 2.45) is 0 Å². The molecule has 5 heteroatoms. The molecular formula is C12H22O5. The van der Waals surface area contributed by atoms with Gasteiger partial charge in [-0.15, -0.1) is 0 Å². The molecule has 5 nitrogen and oxygen atoms in total. The lowest BCUT2D eigenvalue weighted by molar-refractivity contribution is -0.459. The first kappa shape index (κ1) is 13.2. The summed E-state index contributed by atoms with van der Waals surface area (Å²) < 4.78 is 5.82. The van der Waals surface area contributed by atoms with Gasteiger partial charge in [-0.1, -0.05) is 6.42 Å². The molecule has 1 saturated carbocycles. The maximum Gasteiger partial charge on any atom is 0.201 e. The maximum atomic E-state index is 8.86. The van der Waals surface area contributed by atoms with Crippen molar-refractivity contribution in [1.29, 1.82) is 0 Å². The molecule has 1 atom stereocenters. The summed E-state index contributed by atoms with van der Waals surface area (Å²) in [6.45, 7) is 4.09. The van der Waals surface area contributed by atoms with E-state index in [0.29, 0.717) is 13.0 Å². The van der Waals surface area contributed by atoms with E-state index in [9.17, 15) is 0 Å². The largest absolute Gasteiger partial charge is 0.347 e. The van der Waals surface area contributed by atoms with Crippen LogP contribution >= 0.6 is 0 Å². The molecule has 0 aromatic rings. The highest BCUT2D eigenvalue weighted by molar-refractivity contribution is 4.82. The molecule has 0 bridgehead atoms. The predicted molar refractivity (Wildman–Crippen MR) is 60.1 cm³/mol. The van der Waals surface area contributed by atoms with Crippen molar-refractivity contribution in [3.05, 3.63) is 0 Å². The summed E-state index contributed by atoms with van der Waals surface area (Å²) in [7, 11) is 0. The van der Waals surface area contributed by atoms with Crippen LogP contribution in [0.1, 0.15) is 52.4 Å². The van der Waals surface area contributed by atoms with Crippen LogP contribution in [-0.2, 0) is 19.4 Å². The Bertz CT molecular complexity index is 247. The van der Waals surface area contributed by atoms with Crippen molar-refractivity contribution in [3.8, 4) is 0 Å². The third-order valence-corrected chi connectivity index (χ3v) is 3.69. The number of rotatable bonds is 2. The van der Waals surface area contributed by atoms with Gasteiger partial charge in [0.2, 0.25) is 5.79 Å². The number of hydrogen-bond acceptors (Lipinski definition) is 5. The fourth-order valence-electron chi connectivity index (χ4n) is 2.41. The molecular weight excluding hydrogens is 224 g/mol. The van der Waals surface area contributed by atoms with Crippen LogP contribution in [0.5, 0.6) is 0 Å². The summed E-state index contributed by atoms with van der Waals surface area (Å²) in [5.41, 5.74) is -0.788. The molecule has 1 aliphatic carbocycles. The maximum absolute atomic E-state index is 8.86. The minimum absolute atomic E-state index is 0.325. The van der Waals surface area contributed by atoms with Crippen LogP contribution in [0.4, 0.5) is 0 Å². The summed E-state index contributed by atoms with van der Waals surface area (Å²) in [6, 6.07) is 0. The van der Waals surface area contributed by atoms with Gasteiger partial charge < -0.3 is 4.74 Å². The van der Waals surface area contributed by atoms with E-state index in [1.165, 1.54) is 6.42 Å². The Kier molecular flexibility index (Phi) is 4.05. The summed E-state index contributed by atoms with van der Waals surface area (Å²) in [5, 5.41) is 8.86. The van der Waals surface area contributed by atoms with E-state index < -0.39 is 11.4 Å². The monoisotopic (exact) mass is 246 g/mol. The minimum atomic E-state index is -0.788. The summed E-state index contributed by atoms with van der Waals surface area (Å²) in [5.74, 6) is -0.571. The zero-order chi connectivity index (χ0) is 12.4. The third kappa shape index (κ3) is 2.98. The average Bonchev–Trinajstić information content (AvgIpc) is 2.54. The molecule has 1 saturated heterocycles. The Morgan fingerprint density at radius 2 is 1.94 bits per heavy atom. The Labute approximate surface area is 102 Å². The molecule has 0 radical (unpaired) electrons. The SMILES string of the molecule is CC(C)(OO)C1CCOC2(CCCCC2)OO1. The zero-order valence-corrected chi connectivity index (χ0v) is 10.6. The molecule has 0 aromatic heterocycles. The van der Waals surface area contributed by atoms with Crippen LogP contribution in [0, 0.1) is 0 Å². The van der Waals surface area contributed by atoms with Crippen molar-refractivity contribution >= 4 is 0 Å². The lowest BCUT2D eigenvalue weighted by Gasteiger charge is -2.34. The Morgan fingerprint density at radius 3 is 2.59 bits per heavy atom. The molecule has 1 aliphatic heterocycles. The van der Waals surface area contributed by atoms with Crippen molar-refractivity contribution in [1.82, 2.24) is 0 Å². The normalized spacial score (nSPS) is 30.2. The Balaban J connectivity index is 1.97. The molecule has 2 aliphatic rings. The first-order valence-corrected chi connectivity index (χ1v) is 6.39. The van der Waals surface area contributed by atoms with Crippen LogP contribution in [-0.4, -0.2) is 29.4 Å². The van der Waals surface area contributed by atoms with Gasteiger partial charge in [-0.3, -0.25) is 5.26 Å². The van der Waals surface area contributed by atoms with Gasteiger partial charge in [-0.2, -0.15) is 0 Å². The van der Waals surface area contributed by atoms with Gasteiger partial charge in [0.25, 0.3) is 0 Å². The van der Waals surface area contributed by atoms with E-state index in [2.05, 4.69) is 4.89 Å². The van der Waals surface area contributed by atoms with Gasteiger partial charge in [0, 0.05) is 19.3 Å². The highest BCUT2D eigenvalue weighted by Crippen LogP contribution is 2.36. The van der Waals surface area contributed by atoms with Gasteiger partial charge >= 0.3 is 0 Å². The van der Waals surface area contributed by atoms with E-state index in [4.69, 9.17) is 19.8 Å². The summed E-state index contributed by atoms with van der Waals surface area (Å²) >= 11 is 0. The third-order valence-electron chi connectivity index (χ3n) is 3.69. The van der Waals surface area contributed by atoms with Crippen LogP contribution in [0.25, 0.3) is 0 Å². The van der Waals surface area contributed by atoms with E-state index in [1.807, 2.05) is 0 Å². The average molecular weight is 246 g/mol. The fraction of sp³-hybridized carbons (Fsp3) is 1.00. The van der Waals surface area contributed by atoms with Crippen molar-refractivity contribution in [2.45, 2.75) is 69.9 Å². The highest BCUT2D eigenvalue weighted by atomic mass is 17.2. The molecule has 2 rings (SSSR count). The molecule has 1 N–H and O–H groups in total. The molecule has 17 heavy (non-hydrogen) atoms. The highest BCUT2D eigenvalue weighted by Gasteiger charge is 2.42. The second kappa shape index (κ2) is 5.20. The predicted octanol–water partition coefficient (Wildman–Crippen LogP) is 2.65. The van der Waals surface area contributed by atoms with Crippen LogP contribution in [0.15, 0.2) is 0 Å². The van der Waals surface area contributed by atoms with Gasteiger partial charge in [-0.05, 0) is 26.7 Å². The van der Waals surface area contributed by atoms with Crippen molar-refractivity contribution in [2.75, 3.05) is 6.61 Å². The smallest absolute Gasteiger partial charge is 0.201 e. The lowest BCUT2D eigenvalue weighted by Crippen LogP contribution is -2.42. The number of ether oxygens (including phenoxy) is 1. The van der Waals surface area contributed by atoms with Crippen LogP contribution in [0.2, 0.25) is 0 Å². The van der Waals surface area contributed by atoms with Gasteiger partial charge in [-0.25, -0.2) is 14.7 Å². The van der Waals surface area contributed by atoms with Crippen molar-refractivity contribution < 1.29 is 24.7 Å². The molecule has 1 spiro atoms. The Morgan fingerprint density at radius 1 is 1.24 bits per heavy atom. The van der Waals surface area contributed by atoms with Crippen LogP contribution < -0.4 is 0 Å². The molecule has 100 valence electrons. The summed E-state index contributed by atoms with van der Waals surface area (Å²) in [4.78, 5) is 15.4.